The number of anilines is 1. The summed E-state index contributed by atoms with van der Waals surface area (Å²) in [6.07, 6.45) is 4.29. The van der Waals surface area contributed by atoms with Crippen LogP contribution in [-0.2, 0) is 11.3 Å². The molecule has 4 rings (SSSR count). The Morgan fingerprint density at radius 3 is 2.69 bits per heavy atom. The molecule has 0 spiro atoms. The van der Waals surface area contributed by atoms with Gasteiger partial charge in [0.2, 0.25) is 5.91 Å². The van der Waals surface area contributed by atoms with Crippen molar-refractivity contribution in [3.8, 4) is 11.1 Å². The van der Waals surface area contributed by atoms with Gasteiger partial charge in [-0.25, -0.2) is 4.39 Å². The van der Waals surface area contributed by atoms with E-state index in [2.05, 4.69) is 10.6 Å². The molecule has 3 aromatic rings. The largest absolute Gasteiger partial charge is 0.467 e. The molecule has 29 heavy (non-hydrogen) atoms. The molecule has 2 heterocycles. The summed E-state index contributed by atoms with van der Waals surface area (Å²) < 4.78 is 20.2. The molecular weight excluding hydrogens is 367 g/mol. The Balaban J connectivity index is 1.59. The monoisotopic (exact) mass is 390 g/mol. The van der Waals surface area contributed by atoms with Crippen LogP contribution in [-0.4, -0.2) is 12.5 Å². The summed E-state index contributed by atoms with van der Waals surface area (Å²) in [5, 5.41) is 5.99. The minimum absolute atomic E-state index is 0.00480. The van der Waals surface area contributed by atoms with Crippen molar-refractivity contribution in [3.05, 3.63) is 82.6 Å². The Labute approximate surface area is 169 Å². The average Bonchev–Trinajstić information content (AvgIpc) is 3.35. The molecule has 0 bridgehead atoms. The number of amides is 1. The summed E-state index contributed by atoms with van der Waals surface area (Å²) in [6, 6.07) is 12.9. The highest BCUT2D eigenvalue weighted by atomic mass is 19.1. The molecule has 1 aliphatic rings. The predicted octanol–water partition coefficient (Wildman–Crippen LogP) is 5.22. The van der Waals surface area contributed by atoms with Crippen LogP contribution in [0.4, 0.5) is 10.1 Å². The molecule has 1 fully saturated rings. The first-order valence-electron chi connectivity index (χ1n) is 9.67. The minimum Gasteiger partial charge on any atom is -0.467 e. The molecule has 4 nitrogen and oxygen atoms in total. The normalized spacial score (nSPS) is 15.0. The fraction of sp³-hybridized carbons (Fsp3) is 0.208. The maximum Gasteiger partial charge on any atom is 0.247 e. The van der Waals surface area contributed by atoms with Crippen molar-refractivity contribution in [3.63, 3.8) is 0 Å². The third-order valence-electron chi connectivity index (χ3n) is 5.22. The van der Waals surface area contributed by atoms with E-state index in [1.165, 1.54) is 6.07 Å². The second-order valence-electron chi connectivity index (χ2n) is 7.33. The zero-order chi connectivity index (χ0) is 20.4. The number of furan rings is 1. The zero-order valence-corrected chi connectivity index (χ0v) is 16.5. The van der Waals surface area contributed by atoms with Crippen molar-refractivity contribution >= 4 is 17.7 Å². The third kappa shape index (κ3) is 4.09. The van der Waals surface area contributed by atoms with Crippen LogP contribution in [0.15, 0.2) is 58.7 Å². The molecular formula is C24H23FN2O2. The number of nitrogens with one attached hydrogen (secondary N) is 2. The summed E-state index contributed by atoms with van der Waals surface area (Å²) >= 11 is 0. The number of hydrogen-bond acceptors (Lipinski definition) is 3. The highest BCUT2D eigenvalue weighted by Crippen LogP contribution is 2.31. The maximum absolute atomic E-state index is 14.9. The van der Waals surface area contributed by atoms with E-state index in [-0.39, 0.29) is 11.7 Å². The van der Waals surface area contributed by atoms with E-state index in [9.17, 15) is 9.18 Å². The van der Waals surface area contributed by atoms with Crippen LogP contribution in [0, 0.1) is 19.7 Å². The summed E-state index contributed by atoms with van der Waals surface area (Å²) in [4.78, 5) is 11.8. The van der Waals surface area contributed by atoms with Gasteiger partial charge >= 0.3 is 0 Å². The second kappa shape index (κ2) is 7.95. The fourth-order valence-electron chi connectivity index (χ4n) is 3.59. The van der Waals surface area contributed by atoms with Crippen molar-refractivity contribution in [2.45, 2.75) is 26.8 Å². The lowest BCUT2D eigenvalue weighted by molar-refractivity contribution is -0.116. The van der Waals surface area contributed by atoms with E-state index in [0.717, 1.165) is 40.0 Å². The zero-order valence-electron chi connectivity index (χ0n) is 16.5. The van der Waals surface area contributed by atoms with Crippen LogP contribution in [0.5, 0.6) is 0 Å². The SMILES string of the molecule is Cc1cc(-c2ccc(NCc3ccco3)cc2F)c(C)cc1/C=C1\CCNC1=O. The molecule has 1 saturated heterocycles. The van der Waals surface area contributed by atoms with Crippen molar-refractivity contribution in [2.24, 2.45) is 0 Å². The number of rotatable bonds is 5. The van der Waals surface area contributed by atoms with E-state index in [4.69, 9.17) is 4.42 Å². The first kappa shape index (κ1) is 19.0. The molecule has 5 heteroatoms. The van der Waals surface area contributed by atoms with E-state index in [1.54, 1.807) is 12.3 Å². The topological polar surface area (TPSA) is 54.3 Å². The third-order valence-corrected chi connectivity index (χ3v) is 5.22. The lowest BCUT2D eigenvalue weighted by Gasteiger charge is -2.13. The Morgan fingerprint density at radius 2 is 2.00 bits per heavy atom. The van der Waals surface area contributed by atoms with Gasteiger partial charge in [0.25, 0.3) is 0 Å². The Kier molecular flexibility index (Phi) is 5.21. The Morgan fingerprint density at radius 1 is 1.14 bits per heavy atom. The average molecular weight is 390 g/mol. The van der Waals surface area contributed by atoms with Crippen LogP contribution >= 0.6 is 0 Å². The van der Waals surface area contributed by atoms with Crippen molar-refractivity contribution < 1.29 is 13.6 Å². The summed E-state index contributed by atoms with van der Waals surface area (Å²) in [5.41, 5.74) is 5.88. The van der Waals surface area contributed by atoms with E-state index in [0.29, 0.717) is 24.3 Å². The van der Waals surface area contributed by atoms with E-state index >= 15 is 0 Å². The van der Waals surface area contributed by atoms with Crippen molar-refractivity contribution in [1.29, 1.82) is 0 Å². The molecule has 0 unspecified atom stereocenters. The van der Waals surface area contributed by atoms with Gasteiger partial charge in [-0.05, 0) is 78.9 Å². The summed E-state index contributed by atoms with van der Waals surface area (Å²) in [7, 11) is 0. The molecule has 0 radical (unpaired) electrons. The van der Waals surface area contributed by atoms with E-state index < -0.39 is 0 Å². The fourth-order valence-corrected chi connectivity index (χ4v) is 3.59. The predicted molar refractivity (Wildman–Crippen MR) is 113 cm³/mol. The molecule has 1 aliphatic heterocycles. The first-order valence-corrected chi connectivity index (χ1v) is 9.67. The number of benzene rings is 2. The molecule has 0 aliphatic carbocycles. The standard InChI is InChI=1S/C24H23FN2O2/c1-15-11-22(16(2)10-18(15)12-17-7-8-26-24(17)28)21-6-5-19(13-23(21)25)27-14-20-4-3-9-29-20/h3-6,9-13,27H,7-8,14H2,1-2H3,(H,26,28)/b17-12+. The molecule has 2 aromatic carbocycles. The first-order chi connectivity index (χ1) is 14.0. The smallest absolute Gasteiger partial charge is 0.247 e. The van der Waals surface area contributed by atoms with Crippen LogP contribution < -0.4 is 10.6 Å². The highest BCUT2D eigenvalue weighted by Gasteiger charge is 2.17. The number of carbonyl (C=O) groups is 1. The van der Waals surface area contributed by atoms with E-state index in [1.807, 2.05) is 50.3 Å². The quantitative estimate of drug-likeness (QED) is 0.588. The van der Waals surface area contributed by atoms with Gasteiger partial charge in [-0.1, -0.05) is 12.1 Å². The van der Waals surface area contributed by atoms with Gasteiger partial charge in [0.15, 0.2) is 0 Å². The molecule has 0 atom stereocenters. The molecule has 2 N–H and O–H groups in total. The van der Waals surface area contributed by atoms with Gasteiger partial charge in [0, 0.05) is 23.4 Å². The summed E-state index contributed by atoms with van der Waals surface area (Å²) in [5.74, 6) is 0.509. The van der Waals surface area contributed by atoms with Crippen molar-refractivity contribution in [2.75, 3.05) is 11.9 Å². The molecule has 148 valence electrons. The van der Waals surface area contributed by atoms with Gasteiger partial charge in [-0.2, -0.15) is 0 Å². The van der Waals surface area contributed by atoms with Crippen LogP contribution in [0.2, 0.25) is 0 Å². The summed E-state index contributed by atoms with van der Waals surface area (Å²) in [6.45, 7) is 5.14. The molecule has 0 saturated carbocycles. The molecule has 1 aromatic heterocycles. The maximum atomic E-state index is 14.9. The van der Waals surface area contributed by atoms with Gasteiger partial charge < -0.3 is 15.1 Å². The molecule has 1 amide bonds. The minimum atomic E-state index is -0.279. The Bertz CT molecular complexity index is 1080. The number of hydrogen-bond donors (Lipinski definition) is 2. The lowest BCUT2D eigenvalue weighted by Crippen LogP contribution is -2.14. The van der Waals surface area contributed by atoms with Crippen LogP contribution in [0.25, 0.3) is 17.2 Å². The van der Waals surface area contributed by atoms with Crippen molar-refractivity contribution in [1.82, 2.24) is 5.32 Å². The van der Waals surface area contributed by atoms with Crippen LogP contribution in [0.1, 0.15) is 28.9 Å². The van der Waals surface area contributed by atoms with Gasteiger partial charge in [0.05, 0.1) is 12.8 Å². The lowest BCUT2D eigenvalue weighted by atomic mass is 9.93. The Hall–Kier alpha value is -3.34. The second-order valence-corrected chi connectivity index (χ2v) is 7.33. The number of carbonyl (C=O) groups excluding carboxylic acids is 1. The number of halogens is 1. The van der Waals surface area contributed by atoms with Crippen LogP contribution in [0.3, 0.4) is 0 Å². The van der Waals surface area contributed by atoms with Gasteiger partial charge in [-0.3, -0.25) is 4.79 Å². The highest BCUT2D eigenvalue weighted by molar-refractivity contribution is 6.00. The van der Waals surface area contributed by atoms with Gasteiger partial charge in [-0.15, -0.1) is 0 Å². The number of aryl methyl sites for hydroxylation is 2. The van der Waals surface area contributed by atoms with Gasteiger partial charge in [0.1, 0.15) is 11.6 Å².